The summed E-state index contributed by atoms with van der Waals surface area (Å²) < 4.78 is 28.7. The standard InChI is InChI=1S/C12H12BrF.C11H11BrFN.ClH/c13-10-6-7-11(12(14)8-10)9-4-2-1-3-5-9;12-9-3-4-10(11(13)6-9)8-2-1-5-14-7-8;/h4,6-8H,1-3,5H2;2-4,6,14H,1,5,7H2;1H. The van der Waals surface area contributed by atoms with E-state index in [2.05, 4.69) is 49.3 Å². The summed E-state index contributed by atoms with van der Waals surface area (Å²) in [6.45, 7) is 1.75. The first-order chi connectivity index (χ1) is 13.5. The second kappa shape index (κ2) is 12.0. The Morgan fingerprint density at radius 2 is 1.34 bits per heavy atom. The molecule has 1 aliphatic heterocycles. The molecule has 0 aromatic heterocycles. The summed E-state index contributed by atoms with van der Waals surface area (Å²) >= 11 is 6.51. The van der Waals surface area contributed by atoms with Gasteiger partial charge >= 0.3 is 0 Å². The van der Waals surface area contributed by atoms with Crippen molar-refractivity contribution >= 4 is 55.4 Å². The summed E-state index contributed by atoms with van der Waals surface area (Å²) in [6, 6.07) is 10.5. The molecule has 2 aliphatic rings. The van der Waals surface area contributed by atoms with Gasteiger partial charge < -0.3 is 5.32 Å². The van der Waals surface area contributed by atoms with Gasteiger partial charge in [0.25, 0.3) is 0 Å². The highest BCUT2D eigenvalue weighted by molar-refractivity contribution is 9.10. The molecular formula is C23H24Br2ClF2N. The summed E-state index contributed by atoms with van der Waals surface area (Å²) in [6.07, 6.45) is 9.76. The predicted molar refractivity (Wildman–Crippen MR) is 127 cm³/mol. The smallest absolute Gasteiger partial charge is 0.131 e. The maximum atomic E-state index is 13.6. The van der Waals surface area contributed by atoms with Crippen LogP contribution in [-0.2, 0) is 0 Å². The van der Waals surface area contributed by atoms with Crippen molar-refractivity contribution in [3.05, 3.63) is 80.3 Å². The van der Waals surface area contributed by atoms with Crippen molar-refractivity contribution in [2.45, 2.75) is 32.1 Å². The van der Waals surface area contributed by atoms with Gasteiger partial charge in [-0.1, -0.05) is 56.1 Å². The van der Waals surface area contributed by atoms with Crippen LogP contribution in [0.15, 0.2) is 57.5 Å². The van der Waals surface area contributed by atoms with E-state index in [4.69, 9.17) is 0 Å². The summed E-state index contributed by atoms with van der Waals surface area (Å²) in [4.78, 5) is 0. The second-order valence-electron chi connectivity index (χ2n) is 6.92. The first kappa shape index (κ1) is 24.3. The molecule has 1 aliphatic carbocycles. The molecule has 0 unspecified atom stereocenters. The van der Waals surface area contributed by atoms with E-state index in [0.717, 1.165) is 52.4 Å². The highest BCUT2D eigenvalue weighted by Crippen LogP contribution is 2.29. The molecule has 4 rings (SSSR count). The highest BCUT2D eigenvalue weighted by Gasteiger charge is 2.11. The fraction of sp³-hybridized carbons (Fsp3) is 0.304. The minimum absolute atomic E-state index is 0. The molecule has 2 aromatic rings. The van der Waals surface area contributed by atoms with E-state index in [0.29, 0.717) is 5.56 Å². The molecule has 156 valence electrons. The Morgan fingerprint density at radius 3 is 1.83 bits per heavy atom. The minimum atomic E-state index is -0.158. The average Bonchev–Trinajstić information content (AvgIpc) is 2.70. The van der Waals surface area contributed by atoms with Crippen molar-refractivity contribution in [3.63, 3.8) is 0 Å². The minimum Gasteiger partial charge on any atom is -0.312 e. The summed E-state index contributed by atoms with van der Waals surface area (Å²) in [5, 5.41) is 3.23. The van der Waals surface area contributed by atoms with Crippen molar-refractivity contribution < 1.29 is 8.78 Å². The van der Waals surface area contributed by atoms with Crippen LogP contribution in [0, 0.1) is 11.6 Å². The Kier molecular flexibility index (Phi) is 10.0. The number of hydrogen-bond donors (Lipinski definition) is 1. The molecule has 1 nitrogen and oxygen atoms in total. The molecule has 0 radical (unpaired) electrons. The van der Waals surface area contributed by atoms with Crippen molar-refractivity contribution in [1.82, 2.24) is 5.32 Å². The lowest BCUT2D eigenvalue weighted by Crippen LogP contribution is -2.21. The van der Waals surface area contributed by atoms with E-state index in [1.54, 1.807) is 0 Å². The van der Waals surface area contributed by atoms with Gasteiger partial charge in [-0.15, -0.1) is 12.4 Å². The molecule has 2 aromatic carbocycles. The number of benzene rings is 2. The van der Waals surface area contributed by atoms with Crippen LogP contribution >= 0.6 is 44.3 Å². The molecule has 0 fully saturated rings. The molecule has 29 heavy (non-hydrogen) atoms. The summed E-state index contributed by atoms with van der Waals surface area (Å²) in [5.41, 5.74) is 3.70. The van der Waals surface area contributed by atoms with Crippen LogP contribution < -0.4 is 5.32 Å². The van der Waals surface area contributed by atoms with Crippen LogP contribution in [-0.4, -0.2) is 13.1 Å². The zero-order valence-electron chi connectivity index (χ0n) is 16.0. The molecule has 0 saturated heterocycles. The third-order valence-corrected chi connectivity index (χ3v) is 5.86. The van der Waals surface area contributed by atoms with Crippen LogP contribution in [0.1, 0.15) is 43.2 Å². The van der Waals surface area contributed by atoms with Crippen LogP contribution in [0.3, 0.4) is 0 Å². The SMILES string of the molecule is Cl.Fc1cc(Br)ccc1C1=CCCCC1.Fc1cc(Br)ccc1C1=CCCNC1. The van der Waals surface area contributed by atoms with E-state index in [1.165, 1.54) is 30.5 Å². The molecule has 0 atom stereocenters. The topological polar surface area (TPSA) is 12.0 Å². The lowest BCUT2D eigenvalue weighted by atomic mass is 9.93. The maximum absolute atomic E-state index is 13.6. The van der Waals surface area contributed by atoms with Crippen molar-refractivity contribution in [3.8, 4) is 0 Å². The quantitative estimate of drug-likeness (QED) is 0.403. The zero-order valence-corrected chi connectivity index (χ0v) is 20.0. The number of rotatable bonds is 2. The van der Waals surface area contributed by atoms with Gasteiger partial charge in [0.2, 0.25) is 0 Å². The molecule has 0 amide bonds. The van der Waals surface area contributed by atoms with E-state index in [1.807, 2.05) is 24.3 Å². The van der Waals surface area contributed by atoms with Gasteiger partial charge in [0, 0.05) is 26.6 Å². The first-order valence-electron chi connectivity index (χ1n) is 9.54. The Morgan fingerprint density at radius 1 is 0.759 bits per heavy atom. The van der Waals surface area contributed by atoms with E-state index in [-0.39, 0.29) is 24.0 Å². The molecule has 0 bridgehead atoms. The molecule has 6 heteroatoms. The maximum Gasteiger partial charge on any atom is 0.131 e. The lowest BCUT2D eigenvalue weighted by Gasteiger charge is -2.15. The summed E-state index contributed by atoms with van der Waals surface area (Å²) in [5.74, 6) is -0.276. The predicted octanol–water partition coefficient (Wildman–Crippen LogP) is 7.93. The van der Waals surface area contributed by atoms with Gasteiger partial charge in [-0.3, -0.25) is 0 Å². The fourth-order valence-corrected chi connectivity index (χ4v) is 4.10. The Balaban J connectivity index is 0.000000200. The molecular weight excluding hydrogens is 524 g/mol. The molecule has 1 heterocycles. The van der Waals surface area contributed by atoms with Gasteiger partial charge in [-0.05, 0) is 74.1 Å². The van der Waals surface area contributed by atoms with E-state index >= 15 is 0 Å². The normalized spacial score (nSPS) is 16.0. The Bertz CT molecular complexity index is 823. The molecule has 1 N–H and O–H groups in total. The number of allylic oxidation sites excluding steroid dienone is 2. The average molecular weight is 548 g/mol. The number of halogens is 5. The fourth-order valence-electron chi connectivity index (χ4n) is 3.43. The van der Waals surface area contributed by atoms with Crippen molar-refractivity contribution in [1.29, 1.82) is 0 Å². The third kappa shape index (κ3) is 7.02. The molecule has 0 saturated carbocycles. The van der Waals surface area contributed by atoms with Crippen molar-refractivity contribution in [2.75, 3.05) is 13.1 Å². The monoisotopic (exact) mass is 545 g/mol. The Labute approximate surface area is 194 Å². The van der Waals surface area contributed by atoms with Crippen LogP contribution in [0.25, 0.3) is 11.1 Å². The lowest BCUT2D eigenvalue weighted by molar-refractivity contribution is 0.619. The van der Waals surface area contributed by atoms with Gasteiger partial charge in [0.1, 0.15) is 11.6 Å². The van der Waals surface area contributed by atoms with Crippen LogP contribution in [0.5, 0.6) is 0 Å². The third-order valence-electron chi connectivity index (χ3n) is 4.87. The van der Waals surface area contributed by atoms with Crippen LogP contribution in [0.4, 0.5) is 8.78 Å². The van der Waals surface area contributed by atoms with E-state index < -0.39 is 0 Å². The van der Waals surface area contributed by atoms with Gasteiger partial charge in [0.15, 0.2) is 0 Å². The largest absolute Gasteiger partial charge is 0.312 e. The highest BCUT2D eigenvalue weighted by atomic mass is 79.9. The van der Waals surface area contributed by atoms with E-state index in [9.17, 15) is 8.78 Å². The zero-order chi connectivity index (χ0) is 19.9. The molecule has 0 spiro atoms. The number of nitrogens with one attached hydrogen (secondary N) is 1. The van der Waals surface area contributed by atoms with Crippen LogP contribution in [0.2, 0.25) is 0 Å². The first-order valence-corrected chi connectivity index (χ1v) is 11.1. The van der Waals surface area contributed by atoms with Gasteiger partial charge in [-0.25, -0.2) is 8.78 Å². The van der Waals surface area contributed by atoms with Gasteiger partial charge in [-0.2, -0.15) is 0 Å². The van der Waals surface area contributed by atoms with Gasteiger partial charge in [0.05, 0.1) is 0 Å². The van der Waals surface area contributed by atoms with Crippen molar-refractivity contribution in [2.24, 2.45) is 0 Å². The number of hydrogen-bond acceptors (Lipinski definition) is 1. The Hall–Kier alpha value is -1.01. The second-order valence-corrected chi connectivity index (χ2v) is 8.75. The summed E-state index contributed by atoms with van der Waals surface area (Å²) in [7, 11) is 0.